The third-order valence-corrected chi connectivity index (χ3v) is 3.61. The van der Waals surface area contributed by atoms with Crippen molar-refractivity contribution < 1.29 is 4.74 Å². The molecule has 2 nitrogen and oxygen atoms in total. The molecule has 18 heavy (non-hydrogen) atoms. The molecule has 0 heterocycles. The highest BCUT2D eigenvalue weighted by Crippen LogP contribution is 2.30. The second-order valence-electron chi connectivity index (χ2n) is 5.51. The molecule has 0 fully saturated rings. The minimum absolute atomic E-state index is 0.178. The van der Waals surface area contributed by atoms with E-state index in [2.05, 4.69) is 20.8 Å². The van der Waals surface area contributed by atoms with E-state index < -0.39 is 0 Å². The van der Waals surface area contributed by atoms with Gasteiger partial charge in [-0.15, -0.1) is 0 Å². The van der Waals surface area contributed by atoms with Crippen LogP contribution in [0, 0.1) is 12.3 Å². The first-order valence-electron chi connectivity index (χ1n) is 6.51. The smallest absolute Gasteiger partial charge is 0.138 e. The zero-order chi connectivity index (χ0) is 13.8. The van der Waals surface area contributed by atoms with Gasteiger partial charge in [-0.2, -0.15) is 0 Å². The highest BCUT2D eigenvalue weighted by Gasteiger charge is 2.16. The molecular formula is C15H24ClNO. The Morgan fingerprint density at radius 1 is 1.33 bits per heavy atom. The second-order valence-corrected chi connectivity index (χ2v) is 5.92. The van der Waals surface area contributed by atoms with E-state index in [9.17, 15) is 0 Å². The largest absolute Gasteiger partial charge is 0.492 e. The number of nitrogens with two attached hydrogens (primary N) is 1. The Morgan fingerprint density at radius 2 is 2.00 bits per heavy atom. The van der Waals surface area contributed by atoms with E-state index in [1.54, 1.807) is 0 Å². The van der Waals surface area contributed by atoms with Crippen LogP contribution < -0.4 is 10.5 Å². The minimum atomic E-state index is 0.178. The summed E-state index contributed by atoms with van der Waals surface area (Å²) in [4.78, 5) is 0. The predicted molar refractivity (Wildman–Crippen MR) is 78.5 cm³/mol. The van der Waals surface area contributed by atoms with Crippen molar-refractivity contribution in [2.45, 2.75) is 40.5 Å². The van der Waals surface area contributed by atoms with Crippen molar-refractivity contribution in [1.29, 1.82) is 0 Å². The molecule has 0 amide bonds. The van der Waals surface area contributed by atoms with Crippen molar-refractivity contribution in [2.75, 3.05) is 13.2 Å². The van der Waals surface area contributed by atoms with Crippen LogP contribution in [0.3, 0.4) is 0 Å². The summed E-state index contributed by atoms with van der Waals surface area (Å²) in [6, 6.07) is 4.05. The fraction of sp³-hybridized carbons (Fsp3) is 0.600. The SMILES string of the molecule is CCOc1cc(C)c(CCC(C)(C)CN)cc1Cl. The highest BCUT2D eigenvalue weighted by molar-refractivity contribution is 6.32. The van der Waals surface area contributed by atoms with Crippen molar-refractivity contribution >= 4 is 11.6 Å². The van der Waals surface area contributed by atoms with Gasteiger partial charge in [-0.25, -0.2) is 0 Å². The lowest BCUT2D eigenvalue weighted by Crippen LogP contribution is -2.24. The van der Waals surface area contributed by atoms with Crippen LogP contribution in [0.25, 0.3) is 0 Å². The van der Waals surface area contributed by atoms with E-state index in [-0.39, 0.29) is 5.41 Å². The summed E-state index contributed by atoms with van der Waals surface area (Å²) in [6.45, 7) is 9.79. The maximum Gasteiger partial charge on any atom is 0.138 e. The number of rotatable bonds is 6. The summed E-state index contributed by atoms with van der Waals surface area (Å²) in [5, 5.41) is 0.697. The van der Waals surface area contributed by atoms with Gasteiger partial charge in [0.15, 0.2) is 0 Å². The van der Waals surface area contributed by atoms with E-state index in [4.69, 9.17) is 22.1 Å². The third-order valence-electron chi connectivity index (χ3n) is 3.31. The fourth-order valence-corrected chi connectivity index (χ4v) is 2.05. The van der Waals surface area contributed by atoms with Gasteiger partial charge in [-0.3, -0.25) is 0 Å². The molecule has 2 N–H and O–H groups in total. The number of hydrogen-bond donors (Lipinski definition) is 1. The lowest BCUT2D eigenvalue weighted by atomic mass is 9.86. The van der Waals surface area contributed by atoms with Crippen LogP contribution in [0.5, 0.6) is 5.75 Å². The molecule has 0 spiro atoms. The molecular weight excluding hydrogens is 246 g/mol. The molecule has 0 aromatic heterocycles. The standard InChI is InChI=1S/C15H24ClNO/c1-5-18-14-8-11(2)12(9-13(14)16)6-7-15(3,4)10-17/h8-9H,5-7,10,17H2,1-4H3. The van der Waals surface area contributed by atoms with Crippen LogP contribution >= 0.6 is 11.6 Å². The number of benzene rings is 1. The van der Waals surface area contributed by atoms with Crippen LogP contribution in [0.1, 0.15) is 38.3 Å². The average molecular weight is 270 g/mol. The number of halogens is 1. The fourth-order valence-electron chi connectivity index (χ4n) is 1.81. The lowest BCUT2D eigenvalue weighted by Gasteiger charge is -2.22. The molecule has 0 unspecified atom stereocenters. The zero-order valence-electron chi connectivity index (χ0n) is 11.8. The van der Waals surface area contributed by atoms with Crippen molar-refractivity contribution in [2.24, 2.45) is 11.1 Å². The molecule has 0 aliphatic heterocycles. The molecule has 0 aliphatic rings. The summed E-state index contributed by atoms with van der Waals surface area (Å²) >= 11 is 6.21. The Bertz CT molecular complexity index is 402. The maximum atomic E-state index is 6.21. The number of ether oxygens (including phenoxy) is 1. The van der Waals surface area contributed by atoms with Crippen LogP contribution in [-0.2, 0) is 6.42 Å². The molecule has 0 saturated carbocycles. The Balaban J connectivity index is 2.82. The molecule has 102 valence electrons. The molecule has 0 bridgehead atoms. The Kier molecular flexibility index (Phi) is 5.48. The Morgan fingerprint density at radius 3 is 2.56 bits per heavy atom. The van der Waals surface area contributed by atoms with Gasteiger partial charge in [0.1, 0.15) is 5.75 Å². The quantitative estimate of drug-likeness (QED) is 0.848. The highest BCUT2D eigenvalue weighted by atomic mass is 35.5. The first-order valence-corrected chi connectivity index (χ1v) is 6.89. The summed E-state index contributed by atoms with van der Waals surface area (Å²) in [5.41, 5.74) is 8.45. The van der Waals surface area contributed by atoms with Crippen molar-refractivity contribution in [3.8, 4) is 5.75 Å². The molecule has 0 aliphatic carbocycles. The number of aryl methyl sites for hydroxylation is 2. The van der Waals surface area contributed by atoms with Crippen molar-refractivity contribution in [1.82, 2.24) is 0 Å². The monoisotopic (exact) mass is 269 g/mol. The van der Waals surface area contributed by atoms with Crippen molar-refractivity contribution in [3.05, 3.63) is 28.3 Å². The Labute approximate surface area is 115 Å². The van der Waals surface area contributed by atoms with Crippen molar-refractivity contribution in [3.63, 3.8) is 0 Å². The van der Waals surface area contributed by atoms with Gasteiger partial charge in [0, 0.05) is 0 Å². The number of hydrogen-bond acceptors (Lipinski definition) is 2. The maximum absolute atomic E-state index is 6.21. The van der Waals surface area contributed by atoms with Gasteiger partial charge in [-0.1, -0.05) is 25.4 Å². The molecule has 1 aromatic carbocycles. The Hall–Kier alpha value is -0.730. The van der Waals surface area contributed by atoms with Gasteiger partial charge in [0.2, 0.25) is 0 Å². The van der Waals surface area contributed by atoms with Crippen LogP contribution in [0.2, 0.25) is 5.02 Å². The zero-order valence-corrected chi connectivity index (χ0v) is 12.6. The molecule has 0 radical (unpaired) electrons. The van der Waals surface area contributed by atoms with Gasteiger partial charge < -0.3 is 10.5 Å². The second kappa shape index (κ2) is 6.44. The third kappa shape index (κ3) is 4.18. The van der Waals surface area contributed by atoms with E-state index >= 15 is 0 Å². The summed E-state index contributed by atoms with van der Waals surface area (Å²) in [6.07, 6.45) is 2.07. The van der Waals surface area contributed by atoms with E-state index in [1.165, 1.54) is 11.1 Å². The van der Waals surface area contributed by atoms with E-state index in [0.29, 0.717) is 18.2 Å². The van der Waals surface area contributed by atoms with E-state index in [0.717, 1.165) is 18.6 Å². The topological polar surface area (TPSA) is 35.2 Å². The normalized spacial score (nSPS) is 11.7. The van der Waals surface area contributed by atoms with Gasteiger partial charge >= 0.3 is 0 Å². The molecule has 0 atom stereocenters. The average Bonchev–Trinajstić information content (AvgIpc) is 2.32. The van der Waals surface area contributed by atoms with Gasteiger partial charge in [0.25, 0.3) is 0 Å². The van der Waals surface area contributed by atoms with Crippen LogP contribution in [0.4, 0.5) is 0 Å². The molecule has 3 heteroatoms. The predicted octanol–water partition coefficient (Wildman–Crippen LogP) is 3.96. The summed E-state index contributed by atoms with van der Waals surface area (Å²) < 4.78 is 5.49. The molecule has 0 saturated heterocycles. The first kappa shape index (κ1) is 15.3. The van der Waals surface area contributed by atoms with Gasteiger partial charge in [0.05, 0.1) is 11.6 Å². The summed E-state index contributed by atoms with van der Waals surface area (Å²) in [7, 11) is 0. The lowest BCUT2D eigenvalue weighted by molar-refractivity contribution is 0.339. The molecule has 1 rings (SSSR count). The summed E-state index contributed by atoms with van der Waals surface area (Å²) in [5.74, 6) is 0.776. The first-order chi connectivity index (χ1) is 8.39. The van der Waals surface area contributed by atoms with Crippen LogP contribution in [0.15, 0.2) is 12.1 Å². The van der Waals surface area contributed by atoms with E-state index in [1.807, 2.05) is 19.1 Å². The van der Waals surface area contributed by atoms with Crippen LogP contribution in [-0.4, -0.2) is 13.2 Å². The van der Waals surface area contributed by atoms with Gasteiger partial charge in [-0.05, 0) is 61.9 Å². The molecule has 1 aromatic rings. The minimum Gasteiger partial charge on any atom is -0.492 e.